The van der Waals surface area contributed by atoms with Crippen LogP contribution in [0, 0.1) is 10.5 Å². The van der Waals surface area contributed by atoms with Gasteiger partial charge in [-0.1, -0.05) is 0 Å². The van der Waals surface area contributed by atoms with E-state index in [1.165, 1.54) is 0 Å². The van der Waals surface area contributed by atoms with Gasteiger partial charge in [0.1, 0.15) is 0 Å². The molecule has 1 amide bonds. The summed E-state index contributed by atoms with van der Waals surface area (Å²) in [5.74, 6) is 0.113. The zero-order chi connectivity index (χ0) is 15.4. The number of aromatic nitrogens is 4. The molecule has 0 radical (unpaired) electrons. The van der Waals surface area contributed by atoms with E-state index in [4.69, 9.17) is 0 Å². The molecule has 2 aromatic rings. The maximum Gasteiger partial charge on any atom is 0.224 e. The molecule has 6 nitrogen and oxygen atoms in total. The minimum Gasteiger partial charge on any atom is -0.340 e. The zero-order valence-corrected chi connectivity index (χ0v) is 14.7. The van der Waals surface area contributed by atoms with Gasteiger partial charge in [-0.3, -0.25) is 14.2 Å². The average molecular weight is 401 g/mol. The summed E-state index contributed by atoms with van der Waals surface area (Å²) in [6.07, 6.45) is 4.19. The van der Waals surface area contributed by atoms with Crippen molar-refractivity contribution in [1.82, 2.24) is 24.5 Å². The molecular weight excluding hydrogens is 381 g/mol. The van der Waals surface area contributed by atoms with Crippen LogP contribution in [-0.4, -0.2) is 37.4 Å². The maximum atomic E-state index is 12.2. The molecule has 2 aromatic heterocycles. The average Bonchev–Trinajstić information content (AvgIpc) is 3.03. The molecule has 0 bridgehead atoms. The van der Waals surface area contributed by atoms with Crippen LogP contribution < -0.4 is 0 Å². The number of carbonyl (C=O) groups is 1. The molecule has 0 fully saturated rings. The summed E-state index contributed by atoms with van der Waals surface area (Å²) in [4.78, 5) is 13.9. The van der Waals surface area contributed by atoms with Crippen LogP contribution >= 0.6 is 22.6 Å². The van der Waals surface area contributed by atoms with Crippen LogP contribution in [0.1, 0.15) is 24.7 Å². The number of nitrogens with zero attached hydrogens (tertiary/aromatic N) is 5. The number of aryl methyl sites for hydroxylation is 3. The summed E-state index contributed by atoms with van der Waals surface area (Å²) in [5, 5.41) is 8.59. The molecule has 0 atom stereocenters. The first-order valence-corrected chi connectivity index (χ1v) is 8.03. The highest BCUT2D eigenvalue weighted by atomic mass is 127. The lowest BCUT2D eigenvalue weighted by Crippen LogP contribution is -2.28. The van der Waals surface area contributed by atoms with Crippen LogP contribution in [0.15, 0.2) is 18.5 Å². The van der Waals surface area contributed by atoms with Crippen LogP contribution in [-0.2, 0) is 24.4 Å². The summed E-state index contributed by atoms with van der Waals surface area (Å²) in [7, 11) is 1.83. The molecule has 0 N–H and O–H groups in total. The second-order valence-corrected chi connectivity index (χ2v) is 6.13. The van der Waals surface area contributed by atoms with E-state index in [9.17, 15) is 4.79 Å². The Morgan fingerprint density at radius 3 is 2.86 bits per heavy atom. The first-order chi connectivity index (χ1) is 10.0. The van der Waals surface area contributed by atoms with Gasteiger partial charge in [-0.25, -0.2) is 0 Å². The van der Waals surface area contributed by atoms with Crippen LogP contribution in [0.5, 0.6) is 0 Å². The van der Waals surface area contributed by atoms with Gasteiger partial charge in [0.15, 0.2) is 0 Å². The highest BCUT2D eigenvalue weighted by molar-refractivity contribution is 14.1. The predicted octanol–water partition coefficient (Wildman–Crippen LogP) is 2.06. The summed E-state index contributed by atoms with van der Waals surface area (Å²) >= 11 is 2.25. The van der Waals surface area contributed by atoms with E-state index in [0.29, 0.717) is 19.5 Å². The molecule has 7 heteroatoms. The first-order valence-electron chi connectivity index (χ1n) is 6.95. The summed E-state index contributed by atoms with van der Waals surface area (Å²) in [6.45, 7) is 6.02. The number of carbonyl (C=O) groups excluding carboxylic acids is 1. The van der Waals surface area contributed by atoms with Crippen LogP contribution in [0.2, 0.25) is 0 Å². The van der Waals surface area contributed by atoms with Crippen LogP contribution in [0.4, 0.5) is 0 Å². The Kier molecular flexibility index (Phi) is 5.38. The highest BCUT2D eigenvalue weighted by Gasteiger charge is 2.12. The van der Waals surface area contributed by atoms with Crippen molar-refractivity contribution in [1.29, 1.82) is 0 Å². The Hall–Kier alpha value is -1.38. The fraction of sp³-hybridized carbons (Fsp3) is 0.500. The van der Waals surface area contributed by atoms with Crippen molar-refractivity contribution in [3.63, 3.8) is 0 Å². The van der Waals surface area contributed by atoms with E-state index in [1.54, 1.807) is 11.1 Å². The van der Waals surface area contributed by atoms with Gasteiger partial charge in [0.2, 0.25) is 5.91 Å². The van der Waals surface area contributed by atoms with E-state index in [1.807, 2.05) is 42.5 Å². The van der Waals surface area contributed by atoms with Crippen molar-refractivity contribution in [2.24, 2.45) is 0 Å². The third-order valence-electron chi connectivity index (χ3n) is 3.37. The van der Waals surface area contributed by atoms with Crippen molar-refractivity contribution >= 4 is 28.5 Å². The molecule has 0 spiro atoms. The van der Waals surface area contributed by atoms with Crippen molar-refractivity contribution in [2.45, 2.75) is 39.9 Å². The van der Waals surface area contributed by atoms with Gasteiger partial charge in [0.25, 0.3) is 0 Å². The maximum absolute atomic E-state index is 12.2. The third kappa shape index (κ3) is 4.05. The Bertz CT molecular complexity index is 599. The SMILES string of the molecule is CCn1nccc1CN(C)C(=O)CCn1cc(I)c(C)n1. The lowest BCUT2D eigenvalue weighted by molar-refractivity contribution is -0.130. The van der Waals surface area contributed by atoms with Gasteiger partial charge in [-0.05, 0) is 42.5 Å². The summed E-state index contributed by atoms with van der Waals surface area (Å²) in [6, 6.07) is 1.95. The number of hydrogen-bond acceptors (Lipinski definition) is 3. The van der Waals surface area contributed by atoms with Gasteiger partial charge < -0.3 is 4.90 Å². The highest BCUT2D eigenvalue weighted by Crippen LogP contribution is 2.09. The fourth-order valence-electron chi connectivity index (χ4n) is 2.12. The number of halogens is 1. The quantitative estimate of drug-likeness (QED) is 0.697. The van der Waals surface area contributed by atoms with Crippen LogP contribution in [0.25, 0.3) is 0 Å². The monoisotopic (exact) mass is 401 g/mol. The molecule has 114 valence electrons. The minimum atomic E-state index is 0.113. The van der Waals surface area contributed by atoms with Gasteiger partial charge in [0, 0.05) is 39.0 Å². The number of rotatable bonds is 6. The summed E-state index contributed by atoms with van der Waals surface area (Å²) in [5.41, 5.74) is 2.06. The second-order valence-electron chi connectivity index (χ2n) is 4.96. The Balaban J connectivity index is 1.88. The summed E-state index contributed by atoms with van der Waals surface area (Å²) < 4.78 is 4.86. The van der Waals surface area contributed by atoms with Crippen molar-refractivity contribution in [3.05, 3.63) is 33.4 Å². The standard InChI is InChI=1S/C14H20IN5O/c1-4-20-12(5-7-16-20)9-18(3)14(21)6-8-19-10-13(15)11(2)17-19/h5,7,10H,4,6,8-9H2,1-3H3. The molecule has 0 aliphatic rings. The minimum absolute atomic E-state index is 0.113. The molecule has 0 saturated carbocycles. The lowest BCUT2D eigenvalue weighted by atomic mass is 10.3. The fourth-order valence-corrected chi connectivity index (χ4v) is 2.55. The van der Waals surface area contributed by atoms with Crippen molar-refractivity contribution in [2.75, 3.05) is 7.05 Å². The first kappa shape index (κ1) is 16.0. The van der Waals surface area contributed by atoms with E-state index in [2.05, 4.69) is 32.8 Å². The normalized spacial score (nSPS) is 10.9. The Morgan fingerprint density at radius 1 is 1.48 bits per heavy atom. The zero-order valence-electron chi connectivity index (χ0n) is 12.6. The smallest absolute Gasteiger partial charge is 0.224 e. The van der Waals surface area contributed by atoms with Gasteiger partial charge >= 0.3 is 0 Å². The van der Waals surface area contributed by atoms with E-state index < -0.39 is 0 Å². The molecule has 0 aliphatic heterocycles. The predicted molar refractivity (Wildman–Crippen MR) is 88.7 cm³/mol. The molecule has 0 unspecified atom stereocenters. The topological polar surface area (TPSA) is 56.0 Å². The number of amides is 1. The van der Waals surface area contributed by atoms with Crippen molar-refractivity contribution < 1.29 is 4.79 Å². The van der Waals surface area contributed by atoms with Crippen molar-refractivity contribution in [3.8, 4) is 0 Å². The van der Waals surface area contributed by atoms with E-state index in [0.717, 1.165) is 21.5 Å². The molecule has 2 heterocycles. The van der Waals surface area contributed by atoms with Crippen LogP contribution in [0.3, 0.4) is 0 Å². The Morgan fingerprint density at radius 2 is 2.24 bits per heavy atom. The largest absolute Gasteiger partial charge is 0.340 e. The van der Waals surface area contributed by atoms with E-state index in [-0.39, 0.29) is 5.91 Å². The Labute approximate surface area is 138 Å². The van der Waals surface area contributed by atoms with Gasteiger partial charge in [-0.2, -0.15) is 10.2 Å². The molecule has 21 heavy (non-hydrogen) atoms. The molecule has 2 rings (SSSR count). The lowest BCUT2D eigenvalue weighted by Gasteiger charge is -2.17. The second kappa shape index (κ2) is 7.06. The third-order valence-corrected chi connectivity index (χ3v) is 4.43. The molecule has 0 aromatic carbocycles. The van der Waals surface area contributed by atoms with Gasteiger partial charge in [0.05, 0.1) is 21.5 Å². The number of hydrogen-bond donors (Lipinski definition) is 0. The molecule has 0 aliphatic carbocycles. The molecular formula is C14H20IN5O. The van der Waals surface area contributed by atoms with Gasteiger partial charge in [-0.15, -0.1) is 0 Å². The van der Waals surface area contributed by atoms with E-state index >= 15 is 0 Å². The molecule has 0 saturated heterocycles.